The fraction of sp³-hybridized carbons (Fsp3) is 0.833. The Morgan fingerprint density at radius 3 is 2.71 bits per heavy atom. The molecule has 0 aromatic rings. The summed E-state index contributed by atoms with van der Waals surface area (Å²) in [6, 6.07) is -0.529. The Kier molecular flexibility index (Phi) is 3.66. The lowest BCUT2D eigenvalue weighted by Gasteiger charge is -2.32. The van der Waals surface area contributed by atoms with Gasteiger partial charge in [0, 0.05) is 13.2 Å². The van der Waals surface area contributed by atoms with Crippen LogP contribution in [0.15, 0.2) is 0 Å². The summed E-state index contributed by atoms with van der Waals surface area (Å²) >= 11 is 0. The molecular weight excluding hydrogens is 222 g/mol. The first-order valence-electron chi connectivity index (χ1n) is 6.18. The van der Waals surface area contributed by atoms with Crippen LogP contribution in [0, 0.1) is 5.92 Å². The van der Waals surface area contributed by atoms with Crippen LogP contribution in [0.4, 0.5) is 0 Å². The Hall–Kier alpha value is -1.10. The van der Waals surface area contributed by atoms with E-state index in [-0.39, 0.29) is 18.6 Å². The minimum Gasteiger partial charge on any atom is -0.480 e. The van der Waals surface area contributed by atoms with Gasteiger partial charge in [-0.15, -0.1) is 0 Å². The van der Waals surface area contributed by atoms with E-state index in [9.17, 15) is 14.7 Å². The maximum atomic E-state index is 12.0. The van der Waals surface area contributed by atoms with Crippen molar-refractivity contribution < 1.29 is 19.4 Å². The predicted octanol–water partition coefficient (Wildman–Crippen LogP) is 0.877. The number of hydrogen-bond acceptors (Lipinski definition) is 3. The van der Waals surface area contributed by atoms with Gasteiger partial charge in [0.15, 0.2) is 0 Å². The summed E-state index contributed by atoms with van der Waals surface area (Å²) in [7, 11) is 1.46. The van der Waals surface area contributed by atoms with E-state index in [1.807, 2.05) is 0 Å². The summed E-state index contributed by atoms with van der Waals surface area (Å²) in [5.74, 6) is -0.705. The van der Waals surface area contributed by atoms with Crippen molar-refractivity contribution in [2.24, 2.45) is 5.92 Å². The van der Waals surface area contributed by atoms with Gasteiger partial charge in [-0.05, 0) is 25.2 Å². The number of nitrogens with zero attached hydrogens (tertiary/aromatic N) is 1. The SMILES string of the molecule is COCC(=O)N1C(C(=O)O)CC2CCCCC21. The van der Waals surface area contributed by atoms with Crippen molar-refractivity contribution in [1.29, 1.82) is 0 Å². The highest BCUT2D eigenvalue weighted by Gasteiger charge is 2.47. The van der Waals surface area contributed by atoms with Gasteiger partial charge in [-0.2, -0.15) is 0 Å². The average Bonchev–Trinajstić information content (AvgIpc) is 2.68. The molecule has 0 spiro atoms. The molecule has 3 atom stereocenters. The number of ether oxygens (including phenoxy) is 1. The van der Waals surface area contributed by atoms with E-state index in [2.05, 4.69) is 0 Å². The molecule has 1 heterocycles. The molecule has 2 rings (SSSR count). The smallest absolute Gasteiger partial charge is 0.326 e. The van der Waals surface area contributed by atoms with Gasteiger partial charge in [-0.1, -0.05) is 12.8 Å². The molecule has 1 saturated heterocycles. The van der Waals surface area contributed by atoms with Crippen LogP contribution in [0.25, 0.3) is 0 Å². The van der Waals surface area contributed by atoms with Gasteiger partial charge < -0.3 is 14.7 Å². The molecular formula is C12H19NO4. The summed E-state index contributed by atoms with van der Waals surface area (Å²) < 4.78 is 4.84. The van der Waals surface area contributed by atoms with Crippen LogP contribution in [-0.2, 0) is 14.3 Å². The monoisotopic (exact) mass is 241 g/mol. The van der Waals surface area contributed by atoms with Crippen LogP contribution in [0.5, 0.6) is 0 Å². The Bertz CT molecular complexity index is 318. The molecule has 17 heavy (non-hydrogen) atoms. The molecule has 1 amide bonds. The van der Waals surface area contributed by atoms with Gasteiger partial charge in [-0.3, -0.25) is 4.79 Å². The number of amides is 1. The van der Waals surface area contributed by atoms with Crippen LogP contribution in [0.1, 0.15) is 32.1 Å². The van der Waals surface area contributed by atoms with Crippen molar-refractivity contribution in [3.05, 3.63) is 0 Å². The van der Waals surface area contributed by atoms with Crippen molar-refractivity contribution >= 4 is 11.9 Å². The summed E-state index contributed by atoms with van der Waals surface area (Å²) in [6.45, 7) is -0.0208. The Morgan fingerprint density at radius 2 is 2.06 bits per heavy atom. The number of hydrogen-bond donors (Lipinski definition) is 1. The number of methoxy groups -OCH3 is 1. The molecule has 2 aliphatic rings. The molecule has 1 saturated carbocycles. The lowest BCUT2D eigenvalue weighted by Crippen LogP contribution is -2.47. The van der Waals surface area contributed by atoms with Crippen molar-refractivity contribution in [3.63, 3.8) is 0 Å². The first-order chi connectivity index (χ1) is 8.15. The molecule has 5 nitrogen and oxygen atoms in total. The van der Waals surface area contributed by atoms with Gasteiger partial charge in [-0.25, -0.2) is 4.79 Å². The van der Waals surface area contributed by atoms with E-state index < -0.39 is 12.0 Å². The molecule has 0 radical (unpaired) electrons. The Balaban J connectivity index is 2.17. The molecule has 0 aromatic carbocycles. The van der Waals surface area contributed by atoms with E-state index in [1.54, 1.807) is 4.90 Å². The van der Waals surface area contributed by atoms with Crippen molar-refractivity contribution in [2.75, 3.05) is 13.7 Å². The van der Waals surface area contributed by atoms with Crippen LogP contribution < -0.4 is 0 Å². The zero-order chi connectivity index (χ0) is 12.4. The average molecular weight is 241 g/mol. The number of likely N-dealkylation sites (tertiary alicyclic amines) is 1. The highest BCUT2D eigenvalue weighted by molar-refractivity contribution is 5.85. The number of rotatable bonds is 3. The number of fused-ring (bicyclic) bond motifs is 1. The van der Waals surface area contributed by atoms with E-state index in [0.717, 1.165) is 25.7 Å². The second kappa shape index (κ2) is 5.04. The van der Waals surface area contributed by atoms with E-state index in [4.69, 9.17) is 4.74 Å². The molecule has 3 unspecified atom stereocenters. The Labute approximate surface area is 101 Å². The normalized spacial score (nSPS) is 32.3. The van der Waals surface area contributed by atoms with Gasteiger partial charge in [0.1, 0.15) is 12.6 Å². The standard InChI is InChI=1S/C12H19NO4/c1-17-7-11(14)13-9-5-3-2-4-8(9)6-10(13)12(15)16/h8-10H,2-7H2,1H3,(H,15,16). The zero-order valence-corrected chi connectivity index (χ0v) is 10.1. The van der Waals surface area contributed by atoms with Gasteiger partial charge in [0.2, 0.25) is 5.91 Å². The minimum absolute atomic E-state index is 0.0208. The summed E-state index contributed by atoms with van der Waals surface area (Å²) in [5, 5.41) is 9.21. The molecule has 2 fully saturated rings. The molecule has 0 bridgehead atoms. The summed E-state index contributed by atoms with van der Waals surface area (Å²) in [6.07, 6.45) is 4.83. The topological polar surface area (TPSA) is 66.8 Å². The molecule has 5 heteroatoms. The van der Waals surface area contributed by atoms with E-state index in [1.165, 1.54) is 7.11 Å². The third-order valence-corrected chi connectivity index (χ3v) is 3.93. The van der Waals surface area contributed by atoms with Gasteiger partial charge in [0.25, 0.3) is 0 Å². The van der Waals surface area contributed by atoms with Gasteiger partial charge in [0.05, 0.1) is 0 Å². The predicted molar refractivity (Wildman–Crippen MR) is 60.5 cm³/mol. The number of aliphatic carboxylic acids is 1. The first kappa shape index (κ1) is 12.4. The quantitative estimate of drug-likeness (QED) is 0.796. The van der Waals surface area contributed by atoms with Crippen LogP contribution >= 0.6 is 0 Å². The van der Waals surface area contributed by atoms with Crippen molar-refractivity contribution in [2.45, 2.75) is 44.2 Å². The first-order valence-corrected chi connectivity index (χ1v) is 6.18. The third-order valence-electron chi connectivity index (χ3n) is 3.93. The van der Waals surface area contributed by atoms with E-state index >= 15 is 0 Å². The fourth-order valence-electron chi connectivity index (χ4n) is 3.24. The molecule has 1 N–H and O–H groups in total. The fourth-order valence-corrected chi connectivity index (χ4v) is 3.24. The van der Waals surface area contributed by atoms with Crippen molar-refractivity contribution in [3.8, 4) is 0 Å². The lowest BCUT2D eigenvalue weighted by molar-refractivity contribution is -0.151. The molecule has 96 valence electrons. The molecule has 1 aliphatic carbocycles. The lowest BCUT2D eigenvalue weighted by atomic mass is 9.85. The highest BCUT2D eigenvalue weighted by atomic mass is 16.5. The maximum Gasteiger partial charge on any atom is 0.326 e. The minimum atomic E-state index is -0.885. The van der Waals surface area contributed by atoms with E-state index in [0.29, 0.717) is 12.3 Å². The second-order valence-corrected chi connectivity index (χ2v) is 4.94. The molecule has 0 aromatic heterocycles. The number of carboxylic acids is 1. The molecule has 1 aliphatic heterocycles. The second-order valence-electron chi connectivity index (χ2n) is 4.94. The summed E-state index contributed by atoms with van der Waals surface area (Å²) in [4.78, 5) is 24.7. The Morgan fingerprint density at radius 1 is 1.35 bits per heavy atom. The van der Waals surface area contributed by atoms with Gasteiger partial charge >= 0.3 is 5.97 Å². The maximum absolute atomic E-state index is 12.0. The van der Waals surface area contributed by atoms with Crippen molar-refractivity contribution in [1.82, 2.24) is 4.90 Å². The summed E-state index contributed by atoms with van der Waals surface area (Å²) in [5.41, 5.74) is 0. The van der Waals surface area contributed by atoms with Crippen LogP contribution in [0.3, 0.4) is 0 Å². The van der Waals surface area contributed by atoms with Crippen LogP contribution in [-0.4, -0.2) is 47.7 Å². The highest BCUT2D eigenvalue weighted by Crippen LogP contribution is 2.39. The number of carboxylic acid groups (broad SMARTS) is 1. The number of carbonyl (C=O) groups is 2. The zero-order valence-electron chi connectivity index (χ0n) is 10.1. The third kappa shape index (κ3) is 2.29. The number of carbonyl (C=O) groups excluding carboxylic acids is 1. The largest absolute Gasteiger partial charge is 0.480 e. The van der Waals surface area contributed by atoms with Crippen LogP contribution in [0.2, 0.25) is 0 Å².